The molecule has 0 aliphatic heterocycles. The van der Waals surface area contributed by atoms with E-state index >= 15 is 0 Å². The van der Waals surface area contributed by atoms with E-state index in [0.717, 1.165) is 11.4 Å². The Morgan fingerprint density at radius 2 is 1.76 bits per heavy atom. The molecule has 1 atom stereocenters. The number of nitrogens with zero attached hydrogens (tertiary/aromatic N) is 2. The first-order chi connectivity index (χ1) is 7.99. The Morgan fingerprint density at radius 3 is 2.29 bits per heavy atom. The van der Waals surface area contributed by atoms with E-state index in [2.05, 4.69) is 36.1 Å². The van der Waals surface area contributed by atoms with Crippen LogP contribution in [0, 0.1) is 19.8 Å². The van der Waals surface area contributed by atoms with E-state index in [1.807, 2.05) is 13.8 Å². The number of nitrogens with two attached hydrogens (primary N) is 1. The predicted octanol–water partition coefficient (Wildman–Crippen LogP) is 2.91. The van der Waals surface area contributed by atoms with E-state index in [-0.39, 0.29) is 0 Å². The quantitative estimate of drug-likeness (QED) is 0.825. The van der Waals surface area contributed by atoms with Crippen LogP contribution in [-0.2, 0) is 0 Å². The summed E-state index contributed by atoms with van der Waals surface area (Å²) in [5, 5.41) is 3.46. The van der Waals surface area contributed by atoms with Crippen molar-refractivity contribution in [3.63, 3.8) is 0 Å². The number of hydrogen-bond acceptors (Lipinski definition) is 4. The normalized spacial score (nSPS) is 12.8. The van der Waals surface area contributed by atoms with Gasteiger partial charge in [0.1, 0.15) is 17.5 Å². The summed E-state index contributed by atoms with van der Waals surface area (Å²) in [4.78, 5) is 8.58. The van der Waals surface area contributed by atoms with Gasteiger partial charge in [-0.2, -0.15) is 0 Å². The molecule has 0 spiro atoms. The molecule has 0 aliphatic carbocycles. The first-order valence-corrected chi connectivity index (χ1v) is 6.36. The summed E-state index contributed by atoms with van der Waals surface area (Å²) >= 11 is 0. The first-order valence-electron chi connectivity index (χ1n) is 6.36. The number of aromatic nitrogens is 2. The van der Waals surface area contributed by atoms with Crippen molar-refractivity contribution in [2.75, 3.05) is 11.1 Å². The van der Waals surface area contributed by atoms with E-state index in [9.17, 15) is 0 Å². The van der Waals surface area contributed by atoms with Gasteiger partial charge in [0.25, 0.3) is 0 Å². The molecule has 0 aromatic carbocycles. The van der Waals surface area contributed by atoms with Gasteiger partial charge in [0.2, 0.25) is 0 Å². The highest BCUT2D eigenvalue weighted by Gasteiger charge is 2.15. The molecule has 0 aliphatic rings. The van der Waals surface area contributed by atoms with Crippen molar-refractivity contribution in [2.45, 2.75) is 53.5 Å². The van der Waals surface area contributed by atoms with Gasteiger partial charge in [-0.25, -0.2) is 9.97 Å². The van der Waals surface area contributed by atoms with Gasteiger partial charge in [0.15, 0.2) is 0 Å². The molecule has 1 aromatic heterocycles. The van der Waals surface area contributed by atoms with Crippen LogP contribution < -0.4 is 11.1 Å². The molecular weight excluding hydrogens is 212 g/mol. The van der Waals surface area contributed by atoms with Crippen molar-refractivity contribution in [2.24, 2.45) is 5.92 Å². The molecule has 4 nitrogen and oxygen atoms in total. The van der Waals surface area contributed by atoms with Crippen molar-refractivity contribution in [1.82, 2.24) is 9.97 Å². The molecule has 0 amide bonds. The minimum Gasteiger partial charge on any atom is -0.383 e. The zero-order valence-electron chi connectivity index (χ0n) is 11.5. The lowest BCUT2D eigenvalue weighted by atomic mass is 9.95. The van der Waals surface area contributed by atoms with Gasteiger partial charge >= 0.3 is 0 Å². The standard InChI is InChI=1S/C13H24N4/c1-6-11(7-2)9(4)15-13-8(3)12(14)16-10(5)17-13/h9,11H,6-7H2,1-5H3,(H3,14,15,16,17). The summed E-state index contributed by atoms with van der Waals surface area (Å²) in [6.45, 7) is 10.5. The average molecular weight is 236 g/mol. The molecule has 1 aromatic rings. The fraction of sp³-hybridized carbons (Fsp3) is 0.692. The monoisotopic (exact) mass is 236 g/mol. The van der Waals surface area contributed by atoms with Crippen molar-refractivity contribution in [3.8, 4) is 0 Å². The molecule has 96 valence electrons. The lowest BCUT2D eigenvalue weighted by Gasteiger charge is -2.24. The van der Waals surface area contributed by atoms with Crippen molar-refractivity contribution in [3.05, 3.63) is 11.4 Å². The molecular formula is C13H24N4. The smallest absolute Gasteiger partial charge is 0.134 e. The Morgan fingerprint density at radius 1 is 1.18 bits per heavy atom. The van der Waals surface area contributed by atoms with Crippen LogP contribution in [0.25, 0.3) is 0 Å². The zero-order chi connectivity index (χ0) is 13.0. The van der Waals surface area contributed by atoms with Crippen LogP contribution in [0.2, 0.25) is 0 Å². The van der Waals surface area contributed by atoms with Crippen molar-refractivity contribution >= 4 is 11.6 Å². The van der Waals surface area contributed by atoms with E-state index in [1.165, 1.54) is 12.8 Å². The highest BCUT2D eigenvalue weighted by molar-refractivity contribution is 5.55. The molecule has 1 unspecified atom stereocenters. The zero-order valence-corrected chi connectivity index (χ0v) is 11.5. The fourth-order valence-electron chi connectivity index (χ4n) is 2.12. The minimum atomic E-state index is 0.400. The van der Waals surface area contributed by atoms with Crippen LogP contribution in [0.15, 0.2) is 0 Å². The van der Waals surface area contributed by atoms with Gasteiger partial charge in [-0.15, -0.1) is 0 Å². The van der Waals surface area contributed by atoms with Gasteiger partial charge in [-0.1, -0.05) is 26.7 Å². The molecule has 0 radical (unpaired) electrons. The van der Waals surface area contributed by atoms with Crippen LogP contribution in [0.4, 0.5) is 11.6 Å². The third kappa shape index (κ3) is 3.32. The topological polar surface area (TPSA) is 63.8 Å². The van der Waals surface area contributed by atoms with Crippen LogP contribution in [-0.4, -0.2) is 16.0 Å². The molecule has 3 N–H and O–H groups in total. The maximum Gasteiger partial charge on any atom is 0.134 e. The largest absolute Gasteiger partial charge is 0.383 e. The lowest BCUT2D eigenvalue weighted by Crippen LogP contribution is -2.26. The second-order valence-corrected chi connectivity index (χ2v) is 4.64. The van der Waals surface area contributed by atoms with Crippen molar-refractivity contribution < 1.29 is 0 Å². The SMILES string of the molecule is CCC(CC)C(C)Nc1nc(C)nc(N)c1C. The summed E-state index contributed by atoms with van der Waals surface area (Å²) in [5.74, 6) is 2.81. The highest BCUT2D eigenvalue weighted by Crippen LogP contribution is 2.21. The summed E-state index contributed by atoms with van der Waals surface area (Å²) in [7, 11) is 0. The number of rotatable bonds is 5. The third-order valence-electron chi connectivity index (χ3n) is 3.42. The van der Waals surface area contributed by atoms with Gasteiger partial charge in [-0.05, 0) is 26.7 Å². The molecule has 0 fully saturated rings. The third-order valence-corrected chi connectivity index (χ3v) is 3.42. The molecule has 1 heterocycles. The minimum absolute atomic E-state index is 0.400. The first kappa shape index (κ1) is 13.7. The Labute approximate surface area is 104 Å². The number of anilines is 2. The number of hydrogen-bond donors (Lipinski definition) is 2. The Balaban J connectivity index is 2.87. The summed E-state index contributed by atoms with van der Waals surface area (Å²) in [5.41, 5.74) is 6.79. The second kappa shape index (κ2) is 5.84. The Hall–Kier alpha value is -1.32. The second-order valence-electron chi connectivity index (χ2n) is 4.64. The van der Waals surface area contributed by atoms with Gasteiger partial charge in [0, 0.05) is 11.6 Å². The highest BCUT2D eigenvalue weighted by atomic mass is 15.1. The molecule has 1 rings (SSSR count). The Kier molecular flexibility index (Phi) is 4.73. The molecule has 17 heavy (non-hydrogen) atoms. The van der Waals surface area contributed by atoms with E-state index < -0.39 is 0 Å². The number of nitrogens with one attached hydrogen (secondary N) is 1. The molecule has 0 saturated heterocycles. The van der Waals surface area contributed by atoms with Gasteiger partial charge in [-0.3, -0.25) is 0 Å². The van der Waals surface area contributed by atoms with Crippen LogP contribution in [0.3, 0.4) is 0 Å². The maximum atomic E-state index is 5.85. The summed E-state index contributed by atoms with van der Waals surface area (Å²) in [6.07, 6.45) is 2.34. The van der Waals surface area contributed by atoms with Crippen molar-refractivity contribution in [1.29, 1.82) is 0 Å². The number of aryl methyl sites for hydroxylation is 1. The van der Waals surface area contributed by atoms with Gasteiger partial charge in [0.05, 0.1) is 0 Å². The maximum absolute atomic E-state index is 5.85. The van der Waals surface area contributed by atoms with E-state index in [4.69, 9.17) is 5.73 Å². The average Bonchev–Trinajstić information content (AvgIpc) is 2.27. The Bertz CT molecular complexity index is 372. The van der Waals surface area contributed by atoms with E-state index in [1.54, 1.807) is 0 Å². The van der Waals surface area contributed by atoms with Gasteiger partial charge < -0.3 is 11.1 Å². The molecule has 4 heteroatoms. The predicted molar refractivity (Wildman–Crippen MR) is 73.1 cm³/mol. The number of nitrogen functional groups attached to an aromatic ring is 1. The lowest BCUT2D eigenvalue weighted by molar-refractivity contribution is 0.437. The van der Waals surface area contributed by atoms with Crippen LogP contribution in [0.1, 0.15) is 45.0 Å². The van der Waals surface area contributed by atoms with Crippen LogP contribution in [0.5, 0.6) is 0 Å². The molecule has 0 saturated carbocycles. The summed E-state index contributed by atoms with van der Waals surface area (Å²) < 4.78 is 0. The van der Waals surface area contributed by atoms with Crippen LogP contribution >= 0.6 is 0 Å². The molecule has 0 bridgehead atoms. The van der Waals surface area contributed by atoms with E-state index in [0.29, 0.717) is 23.6 Å². The summed E-state index contributed by atoms with van der Waals surface area (Å²) in [6, 6.07) is 0.400. The fourth-order valence-corrected chi connectivity index (χ4v) is 2.12.